The summed E-state index contributed by atoms with van der Waals surface area (Å²) in [6, 6.07) is 8.13. The van der Waals surface area contributed by atoms with Gasteiger partial charge in [-0.15, -0.1) is 11.3 Å². The molecule has 3 rings (SSSR count). The van der Waals surface area contributed by atoms with Crippen molar-refractivity contribution in [2.45, 2.75) is 13.3 Å². The number of fused-ring (bicyclic) bond motifs is 1. The maximum Gasteiger partial charge on any atom is 0.159 e. The van der Waals surface area contributed by atoms with Crippen molar-refractivity contribution in [3.8, 4) is 11.5 Å². The number of aromatic nitrogens is 1. The molecule has 0 atom stereocenters. The minimum Gasteiger partial charge on any atom is -0.454 e. The molecule has 1 aromatic carbocycles. The number of nitrogens with zero attached hydrogens (tertiary/aromatic N) is 1. The maximum atomic E-state index is 5.91. The summed E-state index contributed by atoms with van der Waals surface area (Å²) < 4.78 is 6.80. The van der Waals surface area contributed by atoms with Crippen LogP contribution in [0.25, 0.3) is 22.4 Å². The summed E-state index contributed by atoms with van der Waals surface area (Å²) in [6.07, 6.45) is 0.946. The van der Waals surface area contributed by atoms with E-state index in [4.69, 9.17) is 4.42 Å². The van der Waals surface area contributed by atoms with Crippen LogP contribution in [-0.4, -0.2) is 4.98 Å². The summed E-state index contributed by atoms with van der Waals surface area (Å²) in [4.78, 5) is 4.43. The fourth-order valence-corrected chi connectivity index (χ4v) is 3.00. The zero-order valence-electron chi connectivity index (χ0n) is 9.24. The van der Waals surface area contributed by atoms with E-state index in [0.29, 0.717) is 0 Å². The van der Waals surface area contributed by atoms with E-state index in [1.807, 2.05) is 23.6 Å². The predicted molar refractivity (Wildman–Crippen MR) is 74.4 cm³/mol. The zero-order valence-corrected chi connectivity index (χ0v) is 11.6. The van der Waals surface area contributed by atoms with Gasteiger partial charge in [0, 0.05) is 16.3 Å². The average molecular weight is 308 g/mol. The lowest BCUT2D eigenvalue weighted by molar-refractivity contribution is 0.625. The molecule has 0 spiro atoms. The van der Waals surface area contributed by atoms with E-state index in [-0.39, 0.29) is 0 Å². The van der Waals surface area contributed by atoms with Crippen molar-refractivity contribution in [2.24, 2.45) is 0 Å². The summed E-state index contributed by atoms with van der Waals surface area (Å²) >= 11 is 4.96. The largest absolute Gasteiger partial charge is 0.454 e. The van der Waals surface area contributed by atoms with Gasteiger partial charge in [0.25, 0.3) is 0 Å². The molecule has 0 amide bonds. The van der Waals surface area contributed by atoms with E-state index in [0.717, 1.165) is 27.4 Å². The summed E-state index contributed by atoms with van der Waals surface area (Å²) in [5.74, 6) is 0.899. The van der Waals surface area contributed by atoms with Crippen molar-refractivity contribution in [2.75, 3.05) is 0 Å². The minimum atomic E-state index is 0.884. The zero-order chi connectivity index (χ0) is 11.8. The van der Waals surface area contributed by atoms with Crippen molar-refractivity contribution in [3.05, 3.63) is 39.1 Å². The predicted octanol–water partition coefficient (Wildman–Crippen LogP) is 4.88. The minimum absolute atomic E-state index is 0.884. The highest BCUT2D eigenvalue weighted by Crippen LogP contribution is 2.35. The van der Waals surface area contributed by atoms with Crippen molar-refractivity contribution in [1.82, 2.24) is 4.98 Å². The molecule has 0 fully saturated rings. The highest BCUT2D eigenvalue weighted by Gasteiger charge is 2.16. The standard InChI is InChI=1S/C13H10BrNOS/c1-2-8-9-5-3-4-6-11(9)16-12(8)10-7-17-13(14)15-10/h3-7H,2H2,1H3. The number of aryl methyl sites for hydroxylation is 1. The van der Waals surface area contributed by atoms with Crippen LogP contribution in [0.15, 0.2) is 38.0 Å². The fourth-order valence-electron chi connectivity index (χ4n) is 2.01. The molecule has 17 heavy (non-hydrogen) atoms. The van der Waals surface area contributed by atoms with Gasteiger partial charge in [0.15, 0.2) is 9.68 Å². The number of thiazole rings is 1. The summed E-state index contributed by atoms with van der Waals surface area (Å²) in [7, 11) is 0. The molecule has 4 heteroatoms. The van der Waals surface area contributed by atoms with Crippen molar-refractivity contribution in [3.63, 3.8) is 0 Å². The van der Waals surface area contributed by atoms with Gasteiger partial charge in [-0.1, -0.05) is 25.1 Å². The molecule has 2 aromatic heterocycles. The maximum absolute atomic E-state index is 5.91. The third-order valence-corrected chi connectivity index (χ3v) is 4.13. The second-order valence-electron chi connectivity index (χ2n) is 3.75. The lowest BCUT2D eigenvalue weighted by atomic mass is 10.1. The highest BCUT2D eigenvalue weighted by atomic mass is 79.9. The molecule has 2 nitrogen and oxygen atoms in total. The Morgan fingerprint density at radius 1 is 1.35 bits per heavy atom. The smallest absolute Gasteiger partial charge is 0.159 e. The monoisotopic (exact) mass is 307 g/mol. The molecular formula is C13H10BrNOS. The Morgan fingerprint density at radius 2 is 2.18 bits per heavy atom. The number of rotatable bonds is 2. The van der Waals surface area contributed by atoms with Crippen molar-refractivity contribution in [1.29, 1.82) is 0 Å². The molecular weight excluding hydrogens is 298 g/mol. The van der Waals surface area contributed by atoms with Crippen molar-refractivity contribution >= 4 is 38.2 Å². The second kappa shape index (κ2) is 4.27. The lowest BCUT2D eigenvalue weighted by Crippen LogP contribution is -1.82. The molecule has 0 aliphatic carbocycles. The number of hydrogen-bond donors (Lipinski definition) is 0. The molecule has 0 N–H and O–H groups in total. The third kappa shape index (κ3) is 1.81. The van der Waals surface area contributed by atoms with Gasteiger partial charge in [-0.25, -0.2) is 4.98 Å². The van der Waals surface area contributed by atoms with Crippen LogP contribution >= 0.6 is 27.3 Å². The van der Waals surface area contributed by atoms with Gasteiger partial charge in [0.2, 0.25) is 0 Å². The van der Waals surface area contributed by atoms with Crippen LogP contribution in [0.2, 0.25) is 0 Å². The first-order chi connectivity index (χ1) is 8.29. The van der Waals surface area contributed by atoms with Gasteiger partial charge in [0.1, 0.15) is 11.3 Å². The van der Waals surface area contributed by atoms with Gasteiger partial charge < -0.3 is 4.42 Å². The van der Waals surface area contributed by atoms with E-state index < -0.39 is 0 Å². The molecule has 0 aliphatic rings. The van der Waals surface area contributed by atoms with Crippen LogP contribution < -0.4 is 0 Å². The van der Waals surface area contributed by atoms with Crippen LogP contribution in [-0.2, 0) is 6.42 Å². The number of halogens is 1. The Morgan fingerprint density at radius 3 is 2.88 bits per heavy atom. The third-order valence-electron chi connectivity index (χ3n) is 2.76. The van der Waals surface area contributed by atoms with Gasteiger partial charge in [-0.05, 0) is 28.4 Å². The van der Waals surface area contributed by atoms with Crippen LogP contribution in [0.5, 0.6) is 0 Å². The quantitative estimate of drug-likeness (QED) is 0.674. The molecule has 0 bridgehead atoms. The van der Waals surface area contributed by atoms with Gasteiger partial charge in [-0.2, -0.15) is 0 Å². The van der Waals surface area contributed by atoms with Gasteiger partial charge in [0.05, 0.1) is 0 Å². The normalized spacial score (nSPS) is 11.2. The van der Waals surface area contributed by atoms with Crippen LogP contribution in [0.4, 0.5) is 0 Å². The van der Waals surface area contributed by atoms with Crippen LogP contribution in [0.3, 0.4) is 0 Å². The van der Waals surface area contributed by atoms with E-state index in [1.165, 1.54) is 10.9 Å². The lowest BCUT2D eigenvalue weighted by Gasteiger charge is -1.95. The van der Waals surface area contributed by atoms with E-state index in [1.54, 1.807) is 11.3 Å². The summed E-state index contributed by atoms with van der Waals surface area (Å²) in [5.41, 5.74) is 3.08. The molecule has 0 aliphatic heterocycles. The molecule has 3 aromatic rings. The Balaban J connectivity index is 2.29. The Kier molecular flexibility index (Phi) is 2.76. The molecule has 0 radical (unpaired) electrons. The summed E-state index contributed by atoms with van der Waals surface area (Å²) in [6.45, 7) is 2.14. The van der Waals surface area contributed by atoms with E-state index in [2.05, 4.69) is 33.9 Å². The molecule has 86 valence electrons. The molecule has 0 saturated heterocycles. The van der Waals surface area contributed by atoms with Crippen molar-refractivity contribution < 1.29 is 4.42 Å². The Bertz CT molecular complexity index is 671. The number of furan rings is 1. The van der Waals surface area contributed by atoms with E-state index in [9.17, 15) is 0 Å². The number of hydrogen-bond acceptors (Lipinski definition) is 3. The molecule has 0 saturated carbocycles. The first-order valence-corrected chi connectivity index (χ1v) is 7.08. The Labute approximate surface area is 111 Å². The highest BCUT2D eigenvalue weighted by molar-refractivity contribution is 9.11. The topological polar surface area (TPSA) is 26.0 Å². The fraction of sp³-hybridized carbons (Fsp3) is 0.154. The summed E-state index contributed by atoms with van der Waals surface area (Å²) in [5, 5.41) is 3.20. The van der Waals surface area contributed by atoms with Gasteiger partial charge in [-0.3, -0.25) is 0 Å². The van der Waals surface area contributed by atoms with Gasteiger partial charge >= 0.3 is 0 Å². The molecule has 2 heterocycles. The van der Waals surface area contributed by atoms with Crippen LogP contribution in [0.1, 0.15) is 12.5 Å². The Hall–Kier alpha value is -1.13. The number of para-hydroxylation sites is 1. The second-order valence-corrected chi connectivity index (χ2v) is 5.88. The van der Waals surface area contributed by atoms with Crippen LogP contribution in [0, 0.1) is 0 Å². The average Bonchev–Trinajstić information content (AvgIpc) is 2.91. The number of benzene rings is 1. The SMILES string of the molecule is CCc1c(-c2csc(Br)n2)oc2ccccc12. The molecule has 0 unspecified atom stereocenters. The first-order valence-electron chi connectivity index (χ1n) is 5.41. The first kappa shape index (κ1) is 11.0. The van der Waals surface area contributed by atoms with E-state index >= 15 is 0 Å².